The van der Waals surface area contributed by atoms with Crippen LogP contribution in [-0.2, 0) is 0 Å². The summed E-state index contributed by atoms with van der Waals surface area (Å²) < 4.78 is 23.5. The molecule has 3 aromatic carbocycles. The van der Waals surface area contributed by atoms with Crippen LogP contribution in [0.2, 0.25) is 0 Å². The number of benzene rings is 3. The van der Waals surface area contributed by atoms with Gasteiger partial charge in [0.05, 0.1) is 5.69 Å². The summed E-state index contributed by atoms with van der Waals surface area (Å²) >= 11 is 1.48. The molecule has 1 aliphatic rings. The van der Waals surface area contributed by atoms with Gasteiger partial charge >= 0.3 is 0 Å². The van der Waals surface area contributed by atoms with E-state index in [-0.39, 0.29) is 5.82 Å². The lowest BCUT2D eigenvalue weighted by Crippen LogP contribution is -2.06. The molecule has 0 fully saturated rings. The normalized spacial score (nSPS) is 12.9. The van der Waals surface area contributed by atoms with Gasteiger partial charge in [0.2, 0.25) is 0 Å². The van der Waals surface area contributed by atoms with Gasteiger partial charge in [-0.05, 0) is 35.2 Å². The highest BCUT2D eigenvalue weighted by Crippen LogP contribution is 2.41. The van der Waals surface area contributed by atoms with Gasteiger partial charge in [-0.3, -0.25) is 0 Å². The summed E-state index contributed by atoms with van der Waals surface area (Å²) in [5.74, 6) is 1.14. The third-order valence-electron chi connectivity index (χ3n) is 3.84. The van der Waals surface area contributed by atoms with Gasteiger partial charge in [-0.15, -0.1) is 0 Å². The molecule has 1 heterocycles. The topological polar surface area (TPSA) is 21.3 Å². The molecule has 2 nitrogen and oxygen atoms in total. The maximum absolute atomic E-state index is 14.6. The monoisotopic (exact) mass is 323 g/mol. The predicted octanol–water partition coefficient (Wildman–Crippen LogP) is 5.57. The molecule has 0 atom stereocenters. The molecule has 1 aliphatic heterocycles. The van der Waals surface area contributed by atoms with Crippen LogP contribution in [0.3, 0.4) is 0 Å². The second-order valence-electron chi connectivity index (χ2n) is 5.25. The van der Waals surface area contributed by atoms with Crippen molar-refractivity contribution >= 4 is 17.6 Å². The van der Waals surface area contributed by atoms with E-state index >= 15 is 0 Å². The van der Waals surface area contributed by atoms with Crippen molar-refractivity contribution in [2.24, 2.45) is 0 Å². The van der Waals surface area contributed by atoms with Crippen LogP contribution < -0.4 is 9.46 Å². The van der Waals surface area contributed by atoms with Crippen LogP contribution in [-0.4, -0.2) is 5.94 Å². The molecule has 114 valence electrons. The molecular formula is C19H14FNOS. The summed E-state index contributed by atoms with van der Waals surface area (Å²) in [6.45, 7) is 0. The van der Waals surface area contributed by atoms with Crippen LogP contribution >= 0.6 is 11.9 Å². The molecule has 4 heteroatoms. The molecular weight excluding hydrogens is 309 g/mol. The quantitative estimate of drug-likeness (QED) is 0.623. The lowest BCUT2D eigenvalue weighted by Gasteiger charge is -2.21. The first kappa shape index (κ1) is 14.2. The van der Waals surface area contributed by atoms with E-state index in [0.717, 1.165) is 28.1 Å². The van der Waals surface area contributed by atoms with Crippen LogP contribution in [0.5, 0.6) is 5.75 Å². The fourth-order valence-electron chi connectivity index (χ4n) is 2.73. The Labute approximate surface area is 138 Å². The number of rotatable bonds is 2. The molecule has 4 rings (SSSR count). The summed E-state index contributed by atoms with van der Waals surface area (Å²) in [7, 11) is 0. The third kappa shape index (κ3) is 2.66. The van der Waals surface area contributed by atoms with Crippen molar-refractivity contribution in [3.05, 3.63) is 72.5 Å². The van der Waals surface area contributed by atoms with E-state index in [1.807, 2.05) is 60.7 Å². The lowest BCUT2D eigenvalue weighted by molar-refractivity contribution is 0.392. The van der Waals surface area contributed by atoms with Crippen LogP contribution in [0, 0.1) is 5.82 Å². The predicted molar refractivity (Wildman–Crippen MR) is 94.0 cm³/mol. The Hall–Kier alpha value is -2.46. The van der Waals surface area contributed by atoms with Crippen molar-refractivity contribution in [1.29, 1.82) is 0 Å². The molecule has 0 bridgehead atoms. The summed E-state index contributed by atoms with van der Waals surface area (Å²) in [5, 5.41) is 0. The molecule has 0 unspecified atom stereocenters. The minimum atomic E-state index is -0.226. The minimum Gasteiger partial charge on any atom is -0.479 e. The lowest BCUT2D eigenvalue weighted by atomic mass is 9.98. The van der Waals surface area contributed by atoms with E-state index in [1.165, 1.54) is 11.9 Å². The second-order valence-corrected chi connectivity index (χ2v) is 5.98. The number of hydrogen-bond acceptors (Lipinski definition) is 3. The van der Waals surface area contributed by atoms with Crippen molar-refractivity contribution in [2.45, 2.75) is 0 Å². The highest BCUT2D eigenvalue weighted by Gasteiger charge is 2.16. The number of ether oxygens (including phenoxy) is 1. The maximum Gasteiger partial charge on any atom is 0.153 e. The van der Waals surface area contributed by atoms with Gasteiger partial charge in [0, 0.05) is 11.1 Å². The maximum atomic E-state index is 14.6. The number of hydrogen-bond donors (Lipinski definition) is 1. The molecule has 0 aliphatic carbocycles. The van der Waals surface area contributed by atoms with E-state index in [9.17, 15) is 4.39 Å². The first-order chi connectivity index (χ1) is 11.3. The largest absolute Gasteiger partial charge is 0.479 e. The van der Waals surface area contributed by atoms with Gasteiger partial charge in [-0.2, -0.15) is 0 Å². The Balaban J connectivity index is 1.78. The smallest absolute Gasteiger partial charge is 0.153 e. The van der Waals surface area contributed by atoms with Crippen LogP contribution in [0.1, 0.15) is 0 Å². The molecule has 3 aromatic rings. The number of fused-ring (bicyclic) bond motifs is 1. The molecule has 0 spiro atoms. The molecule has 1 N–H and O–H groups in total. The zero-order valence-corrected chi connectivity index (χ0v) is 13.1. The average molecular weight is 323 g/mol. The average Bonchev–Trinajstić information content (AvgIpc) is 2.62. The first-order valence-corrected chi connectivity index (χ1v) is 8.30. The van der Waals surface area contributed by atoms with Gasteiger partial charge in [-0.1, -0.05) is 54.6 Å². The molecule has 0 saturated heterocycles. The standard InChI is InChI=1S/C19H14FNOS/c20-17-11-14(9-10-15(17)13-5-2-1-3-6-13)16-7-4-8-18-19(16)21-23-12-22-18/h1-11,21H,12H2. The SMILES string of the molecule is Fc1cc(-c2cccc3c2NSCO3)ccc1-c1ccccc1. The van der Waals surface area contributed by atoms with Gasteiger partial charge in [0.25, 0.3) is 0 Å². The summed E-state index contributed by atoms with van der Waals surface area (Å²) in [6, 6.07) is 20.7. The Kier molecular flexibility index (Phi) is 3.67. The Morgan fingerprint density at radius 1 is 0.870 bits per heavy atom. The van der Waals surface area contributed by atoms with Crippen LogP contribution in [0.4, 0.5) is 10.1 Å². The van der Waals surface area contributed by atoms with Crippen molar-refractivity contribution in [3.63, 3.8) is 0 Å². The Bertz CT molecular complexity index is 851. The number of nitrogens with one attached hydrogen (secondary N) is 1. The van der Waals surface area contributed by atoms with E-state index in [0.29, 0.717) is 11.5 Å². The number of halogens is 1. The molecule has 0 amide bonds. The molecule has 0 radical (unpaired) electrons. The van der Waals surface area contributed by atoms with Gasteiger partial charge < -0.3 is 9.46 Å². The van der Waals surface area contributed by atoms with Gasteiger partial charge in [0.15, 0.2) is 5.94 Å². The summed E-state index contributed by atoms with van der Waals surface area (Å²) in [5.41, 5.74) is 4.16. The van der Waals surface area contributed by atoms with Crippen LogP contribution in [0.15, 0.2) is 66.7 Å². The third-order valence-corrected chi connectivity index (χ3v) is 4.42. The van der Waals surface area contributed by atoms with Crippen molar-refractivity contribution in [1.82, 2.24) is 0 Å². The zero-order chi connectivity index (χ0) is 15.6. The van der Waals surface area contributed by atoms with Gasteiger partial charge in [-0.25, -0.2) is 4.39 Å². The Morgan fingerprint density at radius 3 is 2.57 bits per heavy atom. The summed E-state index contributed by atoms with van der Waals surface area (Å²) in [4.78, 5) is 0. The molecule has 0 saturated carbocycles. The van der Waals surface area contributed by atoms with Crippen LogP contribution in [0.25, 0.3) is 22.3 Å². The first-order valence-electron chi connectivity index (χ1n) is 7.32. The number of para-hydroxylation sites is 1. The van der Waals surface area contributed by atoms with E-state index in [4.69, 9.17) is 4.74 Å². The zero-order valence-electron chi connectivity index (χ0n) is 12.3. The van der Waals surface area contributed by atoms with E-state index < -0.39 is 0 Å². The number of anilines is 1. The van der Waals surface area contributed by atoms with Crippen molar-refractivity contribution in [3.8, 4) is 28.0 Å². The fraction of sp³-hybridized carbons (Fsp3) is 0.0526. The second kappa shape index (κ2) is 5.97. The fourth-order valence-corrected chi connectivity index (χ4v) is 3.33. The van der Waals surface area contributed by atoms with E-state index in [1.54, 1.807) is 6.07 Å². The van der Waals surface area contributed by atoms with Crippen molar-refractivity contribution in [2.75, 3.05) is 10.7 Å². The minimum absolute atomic E-state index is 0.226. The molecule has 0 aromatic heterocycles. The highest BCUT2D eigenvalue weighted by molar-refractivity contribution is 8.00. The molecule has 23 heavy (non-hydrogen) atoms. The van der Waals surface area contributed by atoms with E-state index in [2.05, 4.69) is 4.72 Å². The van der Waals surface area contributed by atoms with Crippen molar-refractivity contribution < 1.29 is 9.13 Å². The Morgan fingerprint density at radius 2 is 1.74 bits per heavy atom. The summed E-state index contributed by atoms with van der Waals surface area (Å²) in [6.07, 6.45) is 0. The van der Waals surface area contributed by atoms with Gasteiger partial charge in [0.1, 0.15) is 11.6 Å². The highest BCUT2D eigenvalue weighted by atomic mass is 32.2.